The van der Waals surface area contributed by atoms with Gasteiger partial charge in [-0.05, 0) is 62.7 Å². The molecular formula is C23H25BrN2O4. The summed E-state index contributed by atoms with van der Waals surface area (Å²) in [4.78, 5) is 42.4. The van der Waals surface area contributed by atoms with Gasteiger partial charge in [0, 0.05) is 15.6 Å². The van der Waals surface area contributed by atoms with Gasteiger partial charge >= 0.3 is 0 Å². The molecule has 0 bridgehead atoms. The number of carbonyl (C=O) groups is 3. The first-order valence-electron chi connectivity index (χ1n) is 9.79. The molecule has 2 aromatic rings. The number of methoxy groups -OCH3 is 1. The van der Waals surface area contributed by atoms with Crippen LogP contribution in [-0.2, 0) is 9.59 Å². The van der Waals surface area contributed by atoms with Crippen molar-refractivity contribution in [2.75, 3.05) is 12.0 Å². The summed E-state index contributed by atoms with van der Waals surface area (Å²) in [6.45, 7) is 5.77. The highest BCUT2D eigenvalue weighted by Gasteiger charge is 2.48. The zero-order chi connectivity index (χ0) is 22.1. The summed E-state index contributed by atoms with van der Waals surface area (Å²) < 4.78 is 6.09. The molecule has 1 atom stereocenters. The molecule has 158 valence electrons. The molecule has 1 aliphatic heterocycles. The number of ether oxygens (including phenoxy) is 1. The largest absolute Gasteiger partial charge is 0.497 e. The maximum absolute atomic E-state index is 13.5. The van der Waals surface area contributed by atoms with Crippen molar-refractivity contribution in [1.29, 1.82) is 0 Å². The third-order valence-electron chi connectivity index (χ3n) is 5.57. The van der Waals surface area contributed by atoms with Gasteiger partial charge in [-0.15, -0.1) is 0 Å². The van der Waals surface area contributed by atoms with Gasteiger partial charge in [0.05, 0.1) is 19.2 Å². The first-order valence-corrected chi connectivity index (χ1v) is 10.6. The van der Waals surface area contributed by atoms with E-state index in [2.05, 4.69) is 15.9 Å². The van der Waals surface area contributed by atoms with Crippen LogP contribution < -0.4 is 9.64 Å². The Morgan fingerprint density at radius 2 is 1.87 bits per heavy atom. The molecule has 1 aliphatic rings. The van der Waals surface area contributed by atoms with Crippen LogP contribution in [0.2, 0.25) is 0 Å². The average molecular weight is 473 g/mol. The topological polar surface area (TPSA) is 66.9 Å². The van der Waals surface area contributed by atoms with E-state index in [0.29, 0.717) is 23.4 Å². The van der Waals surface area contributed by atoms with E-state index in [1.54, 1.807) is 53.4 Å². The highest BCUT2D eigenvalue weighted by atomic mass is 79.9. The third-order valence-corrected chi connectivity index (χ3v) is 6.10. The Balaban J connectivity index is 2.00. The van der Waals surface area contributed by atoms with E-state index in [1.807, 2.05) is 20.8 Å². The highest BCUT2D eigenvalue weighted by molar-refractivity contribution is 9.10. The predicted molar refractivity (Wildman–Crippen MR) is 119 cm³/mol. The van der Waals surface area contributed by atoms with Gasteiger partial charge < -0.3 is 9.64 Å². The SMILES string of the molecule is CCC(C)(C)N(C(=O)c1cccc(OC)c1)C1CC(=O)N(c2ccc(Br)cc2)C1=O. The van der Waals surface area contributed by atoms with Gasteiger partial charge in [-0.2, -0.15) is 0 Å². The molecule has 30 heavy (non-hydrogen) atoms. The smallest absolute Gasteiger partial charge is 0.257 e. The molecule has 3 amide bonds. The second-order valence-corrected chi connectivity index (χ2v) is 8.75. The Morgan fingerprint density at radius 3 is 2.47 bits per heavy atom. The average Bonchev–Trinajstić information content (AvgIpc) is 3.02. The van der Waals surface area contributed by atoms with Gasteiger partial charge in [0.25, 0.3) is 11.8 Å². The van der Waals surface area contributed by atoms with Crippen LogP contribution in [0, 0.1) is 0 Å². The molecule has 0 aromatic heterocycles. The van der Waals surface area contributed by atoms with Gasteiger partial charge in [-0.25, -0.2) is 4.90 Å². The number of rotatable bonds is 6. The lowest BCUT2D eigenvalue weighted by Crippen LogP contribution is -2.55. The monoisotopic (exact) mass is 472 g/mol. The molecule has 0 radical (unpaired) electrons. The molecule has 2 aromatic carbocycles. The number of anilines is 1. The van der Waals surface area contributed by atoms with E-state index in [9.17, 15) is 14.4 Å². The molecule has 0 aliphatic carbocycles. The maximum atomic E-state index is 13.5. The highest BCUT2D eigenvalue weighted by Crippen LogP contribution is 2.33. The number of benzene rings is 2. The van der Waals surface area contributed by atoms with Crippen LogP contribution in [0.4, 0.5) is 5.69 Å². The minimum absolute atomic E-state index is 0.0476. The summed E-state index contributed by atoms with van der Waals surface area (Å²) in [5, 5.41) is 0. The van der Waals surface area contributed by atoms with Crippen LogP contribution in [0.25, 0.3) is 0 Å². The fraction of sp³-hybridized carbons (Fsp3) is 0.348. The quantitative estimate of drug-likeness (QED) is 0.583. The zero-order valence-corrected chi connectivity index (χ0v) is 19.1. The van der Waals surface area contributed by atoms with Gasteiger partial charge in [0.1, 0.15) is 11.8 Å². The molecule has 7 heteroatoms. The van der Waals surface area contributed by atoms with Crippen LogP contribution in [0.1, 0.15) is 44.0 Å². The number of hydrogen-bond acceptors (Lipinski definition) is 4. The number of carbonyl (C=O) groups excluding carboxylic acids is 3. The first-order chi connectivity index (χ1) is 14.2. The van der Waals surface area contributed by atoms with E-state index < -0.39 is 11.6 Å². The number of halogens is 1. The second-order valence-electron chi connectivity index (χ2n) is 7.84. The van der Waals surface area contributed by atoms with Gasteiger partial charge in [0.2, 0.25) is 5.91 Å². The lowest BCUT2D eigenvalue weighted by atomic mass is 9.94. The molecule has 0 saturated carbocycles. The maximum Gasteiger partial charge on any atom is 0.257 e. The predicted octanol–water partition coefficient (Wildman–Crippen LogP) is 4.42. The van der Waals surface area contributed by atoms with Crippen molar-refractivity contribution in [3.63, 3.8) is 0 Å². The van der Waals surface area contributed by atoms with E-state index in [-0.39, 0.29) is 24.1 Å². The van der Waals surface area contributed by atoms with Crippen molar-refractivity contribution in [3.8, 4) is 5.75 Å². The molecule has 1 saturated heterocycles. The summed E-state index contributed by atoms with van der Waals surface area (Å²) in [5.74, 6) is -0.451. The zero-order valence-electron chi connectivity index (χ0n) is 17.5. The van der Waals surface area contributed by atoms with Crippen LogP contribution >= 0.6 is 15.9 Å². The third kappa shape index (κ3) is 4.12. The summed E-state index contributed by atoms with van der Waals surface area (Å²) >= 11 is 3.36. The molecule has 1 unspecified atom stereocenters. The van der Waals surface area contributed by atoms with E-state index in [1.165, 1.54) is 12.0 Å². The fourth-order valence-corrected chi connectivity index (χ4v) is 3.85. The number of nitrogens with zero attached hydrogens (tertiary/aromatic N) is 2. The van der Waals surface area contributed by atoms with Crippen LogP contribution in [0.15, 0.2) is 53.0 Å². The van der Waals surface area contributed by atoms with Crippen molar-refractivity contribution in [3.05, 3.63) is 58.6 Å². The van der Waals surface area contributed by atoms with Crippen molar-refractivity contribution >= 4 is 39.3 Å². The van der Waals surface area contributed by atoms with Crippen LogP contribution in [0.3, 0.4) is 0 Å². The molecule has 1 heterocycles. The Kier molecular flexibility index (Phi) is 6.31. The fourth-order valence-electron chi connectivity index (χ4n) is 3.58. The Hall–Kier alpha value is -2.67. The molecule has 0 spiro atoms. The van der Waals surface area contributed by atoms with Gasteiger partial charge in [-0.3, -0.25) is 14.4 Å². The number of amides is 3. The minimum atomic E-state index is -0.866. The summed E-state index contributed by atoms with van der Waals surface area (Å²) in [7, 11) is 1.53. The Morgan fingerprint density at radius 1 is 1.20 bits per heavy atom. The summed E-state index contributed by atoms with van der Waals surface area (Å²) in [6.07, 6.45) is 0.576. The van der Waals surface area contributed by atoms with E-state index >= 15 is 0 Å². The Labute approximate surface area is 184 Å². The lowest BCUT2D eigenvalue weighted by molar-refractivity contribution is -0.123. The van der Waals surface area contributed by atoms with Crippen LogP contribution in [0.5, 0.6) is 5.75 Å². The molecule has 0 N–H and O–H groups in total. The molecule has 1 fully saturated rings. The van der Waals surface area contributed by atoms with Gasteiger partial charge in [-0.1, -0.05) is 28.9 Å². The number of hydrogen-bond donors (Lipinski definition) is 0. The van der Waals surface area contributed by atoms with E-state index in [0.717, 1.165) is 4.47 Å². The molecule has 6 nitrogen and oxygen atoms in total. The number of imide groups is 1. The van der Waals surface area contributed by atoms with Crippen molar-refractivity contribution in [1.82, 2.24) is 4.90 Å². The van der Waals surface area contributed by atoms with Crippen molar-refractivity contribution < 1.29 is 19.1 Å². The molecular weight excluding hydrogens is 448 g/mol. The van der Waals surface area contributed by atoms with Crippen molar-refractivity contribution in [2.24, 2.45) is 0 Å². The summed E-state index contributed by atoms with van der Waals surface area (Å²) in [5.41, 5.74) is 0.285. The minimum Gasteiger partial charge on any atom is -0.497 e. The Bertz CT molecular complexity index is 971. The standard InChI is InChI=1S/C23H25BrN2O4/c1-5-23(2,3)26(21(28)15-7-6-8-18(13-15)30-4)19-14-20(27)25(22(19)29)17-11-9-16(24)10-12-17/h6-13,19H,5,14H2,1-4H3. The summed E-state index contributed by atoms with van der Waals surface area (Å²) in [6, 6.07) is 12.9. The first kappa shape index (κ1) is 22.0. The second kappa shape index (κ2) is 8.60. The normalized spacial score (nSPS) is 16.7. The lowest BCUT2D eigenvalue weighted by Gasteiger charge is -2.41. The van der Waals surface area contributed by atoms with Gasteiger partial charge in [0.15, 0.2) is 0 Å². The van der Waals surface area contributed by atoms with Crippen molar-refractivity contribution in [2.45, 2.75) is 45.2 Å². The van der Waals surface area contributed by atoms with E-state index in [4.69, 9.17) is 4.74 Å². The molecule has 3 rings (SSSR count). The van der Waals surface area contributed by atoms with Crippen LogP contribution in [-0.4, -0.2) is 41.3 Å².